The van der Waals surface area contributed by atoms with Crippen molar-refractivity contribution in [1.82, 2.24) is 4.31 Å². The molecule has 1 atom stereocenters. The van der Waals surface area contributed by atoms with Crippen LogP contribution in [-0.4, -0.2) is 38.5 Å². The van der Waals surface area contributed by atoms with Crippen molar-refractivity contribution in [3.05, 3.63) is 14.9 Å². The van der Waals surface area contributed by atoms with Crippen LogP contribution in [0.15, 0.2) is 14.1 Å². The molecule has 4 nitrogen and oxygen atoms in total. The molecule has 0 spiro atoms. The third-order valence-electron chi connectivity index (χ3n) is 2.42. The summed E-state index contributed by atoms with van der Waals surface area (Å²) in [6, 6.07) is 1.48. The SMILES string of the molecule is CC1CN(S(=O)(=O)c2cc(Cl)c(Br)s2)CCO1. The number of rotatable bonds is 2. The highest BCUT2D eigenvalue weighted by atomic mass is 79.9. The molecule has 8 heteroatoms. The fourth-order valence-corrected chi connectivity index (χ4v) is 5.64. The zero-order valence-electron chi connectivity index (χ0n) is 9.02. The van der Waals surface area contributed by atoms with Crippen LogP contribution in [0.4, 0.5) is 0 Å². The third-order valence-corrected chi connectivity index (χ3v) is 7.21. The quantitative estimate of drug-likeness (QED) is 0.814. The van der Waals surface area contributed by atoms with E-state index in [1.165, 1.54) is 10.4 Å². The second-order valence-corrected chi connectivity index (χ2v) is 8.67. The molecule has 0 radical (unpaired) electrons. The van der Waals surface area contributed by atoms with Crippen LogP contribution >= 0.6 is 38.9 Å². The molecule has 0 N–H and O–H groups in total. The van der Waals surface area contributed by atoms with Crippen LogP contribution in [0.2, 0.25) is 5.02 Å². The maximum Gasteiger partial charge on any atom is 0.252 e. The highest BCUT2D eigenvalue weighted by molar-refractivity contribution is 9.11. The number of ether oxygens (including phenoxy) is 1. The molecule has 17 heavy (non-hydrogen) atoms. The first-order chi connectivity index (χ1) is 7.91. The van der Waals surface area contributed by atoms with Gasteiger partial charge in [0.1, 0.15) is 4.21 Å². The maximum absolute atomic E-state index is 12.3. The topological polar surface area (TPSA) is 46.6 Å². The zero-order valence-corrected chi connectivity index (χ0v) is 13.0. The summed E-state index contributed by atoms with van der Waals surface area (Å²) in [4.78, 5) is 0. The summed E-state index contributed by atoms with van der Waals surface area (Å²) in [5.74, 6) is 0. The van der Waals surface area contributed by atoms with E-state index >= 15 is 0 Å². The van der Waals surface area contributed by atoms with E-state index in [-0.39, 0.29) is 10.3 Å². The van der Waals surface area contributed by atoms with E-state index in [9.17, 15) is 8.42 Å². The molecule has 1 fully saturated rings. The molecule has 2 rings (SSSR count). The summed E-state index contributed by atoms with van der Waals surface area (Å²) in [6.07, 6.45) is -0.0719. The Bertz CT molecular complexity index is 497. The first-order valence-corrected chi connectivity index (χ1v) is 8.40. The molecule has 1 aliphatic heterocycles. The molecule has 0 aromatic carbocycles. The largest absolute Gasteiger partial charge is 0.376 e. The Kier molecular flexibility index (Phi) is 4.16. The van der Waals surface area contributed by atoms with E-state index in [0.717, 1.165) is 11.3 Å². The van der Waals surface area contributed by atoms with Gasteiger partial charge in [0, 0.05) is 13.1 Å². The van der Waals surface area contributed by atoms with Gasteiger partial charge in [-0.05, 0) is 28.9 Å². The van der Waals surface area contributed by atoms with E-state index in [0.29, 0.717) is 28.5 Å². The number of nitrogens with zero attached hydrogens (tertiary/aromatic N) is 1. The minimum absolute atomic E-state index is 0.0719. The second-order valence-electron chi connectivity index (χ2n) is 3.73. The van der Waals surface area contributed by atoms with Crippen molar-refractivity contribution >= 4 is 48.9 Å². The predicted molar refractivity (Wildman–Crippen MR) is 71.2 cm³/mol. The van der Waals surface area contributed by atoms with Crippen molar-refractivity contribution < 1.29 is 13.2 Å². The number of halogens is 2. The molecule has 1 unspecified atom stereocenters. The molecular weight excluding hydrogens is 350 g/mol. The van der Waals surface area contributed by atoms with Crippen LogP contribution in [0.25, 0.3) is 0 Å². The van der Waals surface area contributed by atoms with Crippen molar-refractivity contribution in [3.63, 3.8) is 0 Å². The molecular formula is C9H11BrClNO3S2. The highest BCUT2D eigenvalue weighted by Gasteiger charge is 2.30. The lowest BCUT2D eigenvalue weighted by Gasteiger charge is -2.29. The Morgan fingerprint density at radius 3 is 2.88 bits per heavy atom. The van der Waals surface area contributed by atoms with Gasteiger partial charge >= 0.3 is 0 Å². The molecule has 0 aliphatic carbocycles. The molecule has 96 valence electrons. The van der Waals surface area contributed by atoms with E-state index < -0.39 is 10.0 Å². The maximum atomic E-state index is 12.3. The number of hydrogen-bond acceptors (Lipinski definition) is 4. The van der Waals surface area contributed by atoms with Gasteiger partial charge in [0.05, 0.1) is 21.5 Å². The van der Waals surface area contributed by atoms with Crippen molar-refractivity contribution in [3.8, 4) is 0 Å². The van der Waals surface area contributed by atoms with E-state index in [1.54, 1.807) is 0 Å². The highest BCUT2D eigenvalue weighted by Crippen LogP contribution is 2.36. The van der Waals surface area contributed by atoms with Gasteiger partial charge in [0.25, 0.3) is 10.0 Å². The Balaban J connectivity index is 2.29. The standard InChI is InChI=1S/C9H11BrClNO3S2/c1-6-5-12(2-3-15-6)17(13,14)8-4-7(11)9(10)16-8/h4,6H,2-3,5H2,1H3. The second kappa shape index (κ2) is 5.14. The number of hydrogen-bond donors (Lipinski definition) is 0. The molecule has 1 aromatic heterocycles. The molecule has 1 aromatic rings. The fraction of sp³-hybridized carbons (Fsp3) is 0.556. The van der Waals surface area contributed by atoms with Gasteiger partial charge in [-0.2, -0.15) is 4.31 Å². The predicted octanol–water partition coefficient (Wildman–Crippen LogP) is 2.57. The molecule has 0 saturated carbocycles. The average molecular weight is 361 g/mol. The molecule has 1 saturated heterocycles. The van der Waals surface area contributed by atoms with Crippen LogP contribution in [-0.2, 0) is 14.8 Å². The molecule has 2 heterocycles. The Morgan fingerprint density at radius 1 is 1.65 bits per heavy atom. The van der Waals surface area contributed by atoms with Gasteiger partial charge in [-0.3, -0.25) is 0 Å². The van der Waals surface area contributed by atoms with E-state index in [4.69, 9.17) is 16.3 Å². The molecule has 0 bridgehead atoms. The lowest BCUT2D eigenvalue weighted by atomic mass is 10.3. The van der Waals surface area contributed by atoms with Gasteiger partial charge in [-0.25, -0.2) is 8.42 Å². The van der Waals surface area contributed by atoms with E-state index in [1.807, 2.05) is 6.92 Å². The number of thiophene rings is 1. The van der Waals surface area contributed by atoms with Crippen molar-refractivity contribution in [2.45, 2.75) is 17.2 Å². The van der Waals surface area contributed by atoms with Gasteiger partial charge in [0.15, 0.2) is 0 Å². The summed E-state index contributed by atoms with van der Waals surface area (Å²) in [5.41, 5.74) is 0. The number of morpholine rings is 1. The minimum Gasteiger partial charge on any atom is -0.376 e. The van der Waals surface area contributed by atoms with E-state index in [2.05, 4.69) is 15.9 Å². The Labute approximate surface area is 118 Å². The van der Waals surface area contributed by atoms with Crippen LogP contribution in [0.5, 0.6) is 0 Å². The normalized spacial score (nSPS) is 22.9. The van der Waals surface area contributed by atoms with Crippen LogP contribution in [0, 0.1) is 0 Å². The van der Waals surface area contributed by atoms with Gasteiger partial charge in [-0.15, -0.1) is 11.3 Å². The first-order valence-electron chi connectivity index (χ1n) is 4.98. The Morgan fingerprint density at radius 2 is 2.35 bits per heavy atom. The summed E-state index contributed by atoms with van der Waals surface area (Å²) in [6.45, 7) is 3.06. The van der Waals surface area contributed by atoms with Crippen LogP contribution in [0.3, 0.4) is 0 Å². The molecule has 0 amide bonds. The first kappa shape index (κ1) is 13.8. The van der Waals surface area contributed by atoms with Crippen molar-refractivity contribution in [2.75, 3.05) is 19.7 Å². The summed E-state index contributed by atoms with van der Waals surface area (Å²) >= 11 is 10.2. The summed E-state index contributed by atoms with van der Waals surface area (Å²) in [7, 11) is -3.44. The van der Waals surface area contributed by atoms with Gasteiger partial charge in [-0.1, -0.05) is 11.6 Å². The van der Waals surface area contributed by atoms with Gasteiger partial charge < -0.3 is 4.74 Å². The van der Waals surface area contributed by atoms with Crippen LogP contribution < -0.4 is 0 Å². The lowest BCUT2D eigenvalue weighted by molar-refractivity contribution is 0.0102. The average Bonchev–Trinajstić information content (AvgIpc) is 2.60. The smallest absolute Gasteiger partial charge is 0.252 e. The zero-order chi connectivity index (χ0) is 12.6. The Hall–Kier alpha value is 0.340. The summed E-state index contributed by atoms with van der Waals surface area (Å²) < 4.78 is 32.3. The number of sulfonamides is 1. The molecule has 1 aliphatic rings. The van der Waals surface area contributed by atoms with Crippen molar-refractivity contribution in [1.29, 1.82) is 0 Å². The lowest BCUT2D eigenvalue weighted by Crippen LogP contribution is -2.44. The van der Waals surface area contributed by atoms with Gasteiger partial charge in [0.2, 0.25) is 0 Å². The monoisotopic (exact) mass is 359 g/mol. The fourth-order valence-electron chi connectivity index (χ4n) is 1.59. The summed E-state index contributed by atoms with van der Waals surface area (Å²) in [5, 5.41) is 0.426. The van der Waals surface area contributed by atoms with Crippen molar-refractivity contribution in [2.24, 2.45) is 0 Å². The third kappa shape index (κ3) is 2.85. The minimum atomic E-state index is -3.44. The van der Waals surface area contributed by atoms with Crippen LogP contribution in [0.1, 0.15) is 6.92 Å².